The van der Waals surface area contributed by atoms with Crippen molar-refractivity contribution < 1.29 is 19.5 Å². The van der Waals surface area contributed by atoms with E-state index in [0.29, 0.717) is 18.8 Å². The molecule has 0 aromatic carbocycles. The maximum atomic E-state index is 13.1. The number of carbonyl (C=O) groups excluding carboxylic acids is 2. The van der Waals surface area contributed by atoms with Crippen LogP contribution in [0, 0.1) is 0 Å². The minimum atomic E-state index is -0.624. The van der Waals surface area contributed by atoms with E-state index in [4.69, 9.17) is 9.90 Å². The fourth-order valence-electron chi connectivity index (χ4n) is 4.46. The molecule has 4 rings (SSSR count). The Morgan fingerprint density at radius 2 is 2.19 bits per heavy atom. The molecule has 0 aliphatic carbocycles. The fraction of sp³-hybridized carbons (Fsp3) is 0.500. The number of pyridine rings is 1. The van der Waals surface area contributed by atoms with Gasteiger partial charge in [-0.3, -0.25) is 29.3 Å². The van der Waals surface area contributed by atoms with Crippen LogP contribution in [0.1, 0.15) is 37.1 Å². The lowest BCUT2D eigenvalue weighted by molar-refractivity contribution is -0.134. The predicted molar refractivity (Wildman–Crippen MR) is 112 cm³/mol. The first-order valence-electron chi connectivity index (χ1n) is 10.4. The summed E-state index contributed by atoms with van der Waals surface area (Å²) in [6.45, 7) is 1.40. The van der Waals surface area contributed by atoms with Gasteiger partial charge in [0.15, 0.2) is 0 Å². The Morgan fingerprint density at radius 1 is 1.38 bits per heavy atom. The number of nitrogens with one attached hydrogen (secondary N) is 4. The number of rotatable bonds is 6. The van der Waals surface area contributed by atoms with Crippen LogP contribution >= 0.6 is 0 Å². The second kappa shape index (κ2) is 10.7. The summed E-state index contributed by atoms with van der Waals surface area (Å²) in [4.78, 5) is 53.8. The van der Waals surface area contributed by atoms with E-state index in [1.165, 1.54) is 0 Å². The van der Waals surface area contributed by atoms with Crippen molar-refractivity contribution in [1.82, 2.24) is 35.7 Å². The first-order chi connectivity index (χ1) is 15.5. The van der Waals surface area contributed by atoms with Gasteiger partial charge in [0.2, 0.25) is 11.8 Å². The summed E-state index contributed by atoms with van der Waals surface area (Å²) in [6, 6.07) is 3.61. The number of aromatic amines is 2. The molecule has 0 unspecified atom stereocenters. The normalized spacial score (nSPS) is 22.2. The Hall–Kier alpha value is -3.54. The molecule has 0 saturated carbocycles. The Balaban J connectivity index is 0.000000913. The van der Waals surface area contributed by atoms with Gasteiger partial charge in [0.25, 0.3) is 6.47 Å². The smallest absolute Gasteiger partial charge is 0.340 e. The van der Waals surface area contributed by atoms with Crippen LogP contribution in [0.3, 0.4) is 0 Å². The van der Waals surface area contributed by atoms with Crippen molar-refractivity contribution in [3.05, 3.63) is 46.4 Å². The number of carboxylic acid groups (broad SMARTS) is 1. The molecule has 2 fully saturated rings. The van der Waals surface area contributed by atoms with Crippen LogP contribution in [0.4, 0.5) is 0 Å². The first kappa shape index (κ1) is 23.1. The van der Waals surface area contributed by atoms with Crippen LogP contribution in [-0.4, -0.2) is 73.1 Å². The van der Waals surface area contributed by atoms with E-state index < -0.39 is 11.2 Å². The zero-order valence-electron chi connectivity index (χ0n) is 17.5. The van der Waals surface area contributed by atoms with Gasteiger partial charge in [-0.15, -0.1) is 0 Å². The Kier molecular flexibility index (Phi) is 7.71. The third kappa shape index (κ3) is 5.58. The summed E-state index contributed by atoms with van der Waals surface area (Å²) >= 11 is 0. The molecule has 12 heteroatoms. The van der Waals surface area contributed by atoms with Crippen molar-refractivity contribution in [1.29, 1.82) is 0 Å². The summed E-state index contributed by atoms with van der Waals surface area (Å²) < 4.78 is 0. The van der Waals surface area contributed by atoms with Gasteiger partial charge in [0.05, 0.1) is 13.0 Å². The van der Waals surface area contributed by atoms with E-state index in [1.807, 2.05) is 12.1 Å². The first-order valence-corrected chi connectivity index (χ1v) is 10.4. The topological polar surface area (TPSA) is 173 Å². The van der Waals surface area contributed by atoms with E-state index in [9.17, 15) is 14.4 Å². The average molecular weight is 445 g/mol. The van der Waals surface area contributed by atoms with E-state index >= 15 is 0 Å². The average Bonchev–Trinajstić information content (AvgIpc) is 3.36. The van der Waals surface area contributed by atoms with E-state index in [2.05, 4.69) is 35.7 Å². The molecule has 2 atom stereocenters. The van der Waals surface area contributed by atoms with Gasteiger partial charge in [0.1, 0.15) is 11.4 Å². The number of H-pyrrole nitrogens is 2. The zero-order valence-corrected chi connectivity index (χ0v) is 17.5. The molecular weight excluding hydrogens is 418 g/mol. The molecule has 0 bridgehead atoms. The highest BCUT2D eigenvalue weighted by Gasteiger charge is 2.52. The number of aromatic nitrogens is 4. The number of nitrogens with zero attached hydrogens (tertiary/aromatic N) is 3. The molecule has 172 valence electrons. The summed E-state index contributed by atoms with van der Waals surface area (Å²) in [5, 5.41) is 19.0. The predicted octanol–water partition coefficient (Wildman–Crippen LogP) is -0.834. The second-order valence-electron chi connectivity index (χ2n) is 7.85. The van der Waals surface area contributed by atoms with Crippen LogP contribution in [0.15, 0.2) is 29.3 Å². The highest BCUT2D eigenvalue weighted by molar-refractivity contribution is 5.87. The lowest BCUT2D eigenvalue weighted by Crippen LogP contribution is -2.57. The quantitative estimate of drug-likeness (QED) is 0.358. The fourth-order valence-corrected chi connectivity index (χ4v) is 4.46. The monoisotopic (exact) mass is 445 g/mol. The van der Waals surface area contributed by atoms with Gasteiger partial charge >= 0.3 is 5.69 Å². The second-order valence-corrected chi connectivity index (χ2v) is 7.85. The molecular formula is C20H27N7O5. The third-order valence-electron chi connectivity index (χ3n) is 5.74. The van der Waals surface area contributed by atoms with Gasteiger partial charge in [-0.2, -0.15) is 5.10 Å². The molecule has 2 aromatic heterocycles. The molecule has 2 amide bonds. The Morgan fingerprint density at radius 3 is 2.88 bits per heavy atom. The molecule has 0 radical (unpaired) electrons. The van der Waals surface area contributed by atoms with Crippen LogP contribution < -0.4 is 16.3 Å². The van der Waals surface area contributed by atoms with Crippen molar-refractivity contribution in [3.8, 4) is 0 Å². The summed E-state index contributed by atoms with van der Waals surface area (Å²) in [6.07, 6.45) is 6.98. The van der Waals surface area contributed by atoms with Crippen LogP contribution in [0.5, 0.6) is 0 Å². The molecule has 4 heterocycles. The summed E-state index contributed by atoms with van der Waals surface area (Å²) in [5.74, 6) is 0.249. The minimum Gasteiger partial charge on any atom is -0.483 e. The molecule has 2 aromatic rings. The van der Waals surface area contributed by atoms with E-state index in [1.54, 1.807) is 12.4 Å². The molecule has 2 aliphatic rings. The standard InChI is InChI=1S/C19H25N7O3.CH2O2/c27-16(8-13-4-3-6-20-10-13)22-14-9-19(5-1-2-7-26(19)12-14)17(28)21-11-15-23-18(29)25-24-15;2-1-3/h3-4,6,10,14H,1-2,5,7-9,11-12H2,(H,21,28)(H,22,27)(H2,23,24,25,29);1H,(H,2,3)/t14-,19+;/m0./s1. The third-order valence-corrected chi connectivity index (χ3v) is 5.74. The number of piperidine rings is 1. The molecule has 0 spiro atoms. The number of amides is 2. The van der Waals surface area contributed by atoms with Crippen molar-refractivity contribution in [2.24, 2.45) is 0 Å². The lowest BCUT2D eigenvalue weighted by Gasteiger charge is -2.40. The van der Waals surface area contributed by atoms with Crippen molar-refractivity contribution in [2.45, 2.75) is 50.2 Å². The van der Waals surface area contributed by atoms with E-state index in [0.717, 1.165) is 31.4 Å². The van der Waals surface area contributed by atoms with Gasteiger partial charge in [0, 0.05) is 25.0 Å². The largest absolute Gasteiger partial charge is 0.483 e. The SMILES string of the molecule is O=C(Cc1cccnc1)N[C@@H]1CN2CCCC[C@]2(C(=O)NCc2n[nH]c(=O)[nH]2)C1.O=CO. The number of hydrogen-bond donors (Lipinski definition) is 5. The van der Waals surface area contributed by atoms with Crippen LogP contribution in [0.25, 0.3) is 0 Å². The highest BCUT2D eigenvalue weighted by atomic mass is 16.3. The van der Waals surface area contributed by atoms with Gasteiger partial charge in [-0.25, -0.2) is 9.89 Å². The number of fused-ring (bicyclic) bond motifs is 1. The molecule has 32 heavy (non-hydrogen) atoms. The summed E-state index contributed by atoms with van der Waals surface area (Å²) in [7, 11) is 0. The zero-order chi connectivity index (χ0) is 23.0. The highest BCUT2D eigenvalue weighted by Crippen LogP contribution is 2.38. The van der Waals surface area contributed by atoms with Crippen LogP contribution in [0.2, 0.25) is 0 Å². The Bertz CT molecular complexity index is 976. The van der Waals surface area contributed by atoms with Gasteiger partial charge < -0.3 is 15.7 Å². The number of hydrogen-bond acceptors (Lipinski definition) is 7. The molecule has 2 aliphatic heterocycles. The Labute approximate surface area is 183 Å². The molecule has 2 saturated heterocycles. The van der Waals surface area contributed by atoms with Crippen molar-refractivity contribution >= 4 is 18.3 Å². The van der Waals surface area contributed by atoms with Gasteiger partial charge in [-0.05, 0) is 43.9 Å². The minimum absolute atomic E-state index is 0.0625. The maximum Gasteiger partial charge on any atom is 0.340 e. The van der Waals surface area contributed by atoms with E-state index in [-0.39, 0.29) is 37.3 Å². The molecule has 12 nitrogen and oxygen atoms in total. The lowest BCUT2D eigenvalue weighted by atomic mass is 9.84. The summed E-state index contributed by atoms with van der Waals surface area (Å²) in [5.41, 5.74) is -0.161. The van der Waals surface area contributed by atoms with Crippen LogP contribution in [-0.2, 0) is 27.3 Å². The van der Waals surface area contributed by atoms with Crippen molar-refractivity contribution in [3.63, 3.8) is 0 Å². The van der Waals surface area contributed by atoms with Gasteiger partial charge in [-0.1, -0.05) is 6.07 Å². The number of carbonyl (C=O) groups is 3. The maximum absolute atomic E-state index is 13.1. The van der Waals surface area contributed by atoms with Crippen molar-refractivity contribution in [2.75, 3.05) is 13.1 Å². The molecule has 5 N–H and O–H groups in total.